The van der Waals surface area contributed by atoms with Gasteiger partial charge in [0.1, 0.15) is 0 Å². The number of hydrogen-bond acceptors (Lipinski definition) is 1. The van der Waals surface area contributed by atoms with Crippen LogP contribution in [0.2, 0.25) is 0 Å². The fraction of sp³-hybridized carbons (Fsp3) is 1.00. The molecule has 0 spiro atoms. The first kappa shape index (κ1) is 11.1. The van der Waals surface area contributed by atoms with Crippen molar-refractivity contribution in [3.63, 3.8) is 0 Å². The van der Waals surface area contributed by atoms with Crippen molar-refractivity contribution >= 4 is 11.3 Å². The van der Waals surface area contributed by atoms with E-state index in [4.69, 9.17) is 4.55 Å². The Balaban J connectivity index is 3.31. The van der Waals surface area contributed by atoms with E-state index in [2.05, 4.69) is 13.8 Å². The highest BCUT2D eigenvalue weighted by molar-refractivity contribution is 7.76. The smallest absolute Gasteiger partial charge is 0.234 e. The molecule has 0 heterocycles. The minimum atomic E-state index is -1.79. The molecule has 0 rings (SSSR count). The Morgan fingerprint density at radius 1 is 1.55 bits per heavy atom. The third-order valence-electron chi connectivity index (χ3n) is 1.52. The summed E-state index contributed by atoms with van der Waals surface area (Å²) in [6, 6.07) is 0. The molecule has 0 aliphatic carbocycles. The fourth-order valence-electron chi connectivity index (χ4n) is 0.800. The molecule has 1 N–H and O–H groups in total. The lowest BCUT2D eigenvalue weighted by molar-refractivity contribution is 0.420. The SMILES string of the molecule is CC(C)CCCN(C)S(=O)O. The molecule has 0 fully saturated rings. The minimum Gasteiger partial charge on any atom is -0.294 e. The van der Waals surface area contributed by atoms with E-state index < -0.39 is 11.3 Å². The average Bonchev–Trinajstić information content (AvgIpc) is 1.86. The third kappa shape index (κ3) is 6.47. The van der Waals surface area contributed by atoms with Crippen LogP contribution in [0.1, 0.15) is 26.7 Å². The summed E-state index contributed by atoms with van der Waals surface area (Å²) in [5, 5.41) is 0. The maximum atomic E-state index is 10.4. The molecule has 0 bridgehead atoms. The summed E-state index contributed by atoms with van der Waals surface area (Å²) < 4.78 is 20.4. The van der Waals surface area contributed by atoms with Crippen LogP contribution in [-0.2, 0) is 11.3 Å². The van der Waals surface area contributed by atoms with Crippen LogP contribution in [0.5, 0.6) is 0 Å². The topological polar surface area (TPSA) is 40.5 Å². The Hall–Kier alpha value is 0.0700. The molecule has 1 unspecified atom stereocenters. The zero-order chi connectivity index (χ0) is 8.85. The van der Waals surface area contributed by atoms with E-state index in [1.807, 2.05) is 0 Å². The second-order valence-corrected chi connectivity index (χ2v) is 4.20. The summed E-state index contributed by atoms with van der Waals surface area (Å²) in [5.41, 5.74) is 0. The van der Waals surface area contributed by atoms with Crippen molar-refractivity contribution in [3.05, 3.63) is 0 Å². The van der Waals surface area contributed by atoms with Gasteiger partial charge in [-0.05, 0) is 18.8 Å². The molecule has 0 radical (unpaired) electrons. The van der Waals surface area contributed by atoms with Crippen molar-refractivity contribution < 1.29 is 8.76 Å². The van der Waals surface area contributed by atoms with Gasteiger partial charge in [0.15, 0.2) is 0 Å². The molecule has 0 amide bonds. The first-order chi connectivity index (χ1) is 5.04. The van der Waals surface area contributed by atoms with Crippen molar-refractivity contribution in [3.8, 4) is 0 Å². The molecule has 1 atom stereocenters. The standard InChI is InChI=1S/C7H17NO2S/c1-7(2)5-4-6-8(3)11(9)10/h7H,4-6H2,1-3H3,(H,9,10). The monoisotopic (exact) mass is 179 g/mol. The van der Waals surface area contributed by atoms with Gasteiger partial charge < -0.3 is 0 Å². The van der Waals surface area contributed by atoms with Gasteiger partial charge in [-0.15, -0.1) is 0 Å². The summed E-state index contributed by atoms with van der Waals surface area (Å²) in [4.78, 5) is 0. The van der Waals surface area contributed by atoms with Crippen LogP contribution in [0.3, 0.4) is 0 Å². The lowest BCUT2D eigenvalue weighted by Gasteiger charge is -2.11. The van der Waals surface area contributed by atoms with Crippen LogP contribution < -0.4 is 0 Å². The first-order valence-electron chi connectivity index (χ1n) is 3.86. The van der Waals surface area contributed by atoms with Crippen LogP contribution in [0.25, 0.3) is 0 Å². The van der Waals surface area contributed by atoms with Gasteiger partial charge in [-0.2, -0.15) is 0 Å². The Morgan fingerprint density at radius 2 is 2.09 bits per heavy atom. The number of nitrogens with zero attached hydrogens (tertiary/aromatic N) is 1. The van der Waals surface area contributed by atoms with Crippen molar-refractivity contribution in [2.75, 3.05) is 13.6 Å². The molecular formula is C7H17NO2S. The van der Waals surface area contributed by atoms with E-state index in [1.54, 1.807) is 7.05 Å². The summed E-state index contributed by atoms with van der Waals surface area (Å²) in [5.74, 6) is 0.676. The highest BCUT2D eigenvalue weighted by Gasteiger charge is 2.03. The second kappa shape index (κ2) is 5.69. The number of hydrogen-bond donors (Lipinski definition) is 1. The lowest BCUT2D eigenvalue weighted by Crippen LogP contribution is -2.21. The predicted octanol–water partition coefficient (Wildman–Crippen LogP) is 1.49. The number of rotatable bonds is 5. The van der Waals surface area contributed by atoms with Crippen LogP contribution in [0, 0.1) is 5.92 Å². The highest BCUT2D eigenvalue weighted by atomic mass is 32.2. The zero-order valence-electron chi connectivity index (χ0n) is 7.41. The first-order valence-corrected chi connectivity index (χ1v) is 4.92. The van der Waals surface area contributed by atoms with Gasteiger partial charge >= 0.3 is 0 Å². The second-order valence-electron chi connectivity index (χ2n) is 3.12. The molecule has 0 saturated carbocycles. The van der Waals surface area contributed by atoms with Crippen LogP contribution >= 0.6 is 0 Å². The van der Waals surface area contributed by atoms with Crippen molar-refractivity contribution in [1.82, 2.24) is 4.31 Å². The average molecular weight is 179 g/mol. The maximum absolute atomic E-state index is 10.4. The van der Waals surface area contributed by atoms with Crippen LogP contribution in [-0.4, -0.2) is 26.7 Å². The summed E-state index contributed by atoms with van der Waals surface area (Å²) in [7, 11) is 1.65. The molecule has 0 aliphatic rings. The zero-order valence-corrected chi connectivity index (χ0v) is 8.23. The van der Waals surface area contributed by atoms with Gasteiger partial charge in [0.2, 0.25) is 11.3 Å². The van der Waals surface area contributed by atoms with E-state index in [0.717, 1.165) is 12.8 Å². The van der Waals surface area contributed by atoms with Gasteiger partial charge in [0.05, 0.1) is 0 Å². The molecule has 0 aromatic heterocycles. The maximum Gasteiger partial charge on any atom is 0.234 e. The Morgan fingerprint density at radius 3 is 2.45 bits per heavy atom. The summed E-state index contributed by atoms with van der Waals surface area (Å²) in [6.45, 7) is 4.99. The Kier molecular flexibility index (Phi) is 5.72. The molecule has 0 aromatic carbocycles. The summed E-state index contributed by atoms with van der Waals surface area (Å²) in [6.07, 6.45) is 2.10. The van der Waals surface area contributed by atoms with E-state index >= 15 is 0 Å². The normalized spacial score (nSPS) is 14.4. The van der Waals surface area contributed by atoms with E-state index in [1.165, 1.54) is 4.31 Å². The molecule has 68 valence electrons. The quantitative estimate of drug-likeness (QED) is 0.650. The molecule has 0 aliphatic heterocycles. The van der Waals surface area contributed by atoms with Gasteiger partial charge in [-0.1, -0.05) is 13.8 Å². The van der Waals surface area contributed by atoms with Gasteiger partial charge in [-0.25, -0.2) is 8.51 Å². The lowest BCUT2D eigenvalue weighted by atomic mass is 10.1. The molecule has 11 heavy (non-hydrogen) atoms. The van der Waals surface area contributed by atoms with E-state index in [-0.39, 0.29) is 0 Å². The van der Waals surface area contributed by atoms with Crippen LogP contribution in [0.4, 0.5) is 0 Å². The Labute approximate surface area is 71.2 Å². The van der Waals surface area contributed by atoms with E-state index in [0.29, 0.717) is 12.5 Å². The Bertz CT molecular complexity index is 128. The summed E-state index contributed by atoms with van der Waals surface area (Å²) >= 11 is -1.79. The largest absolute Gasteiger partial charge is 0.294 e. The van der Waals surface area contributed by atoms with Crippen LogP contribution in [0.15, 0.2) is 0 Å². The van der Waals surface area contributed by atoms with Gasteiger partial charge in [-0.3, -0.25) is 4.55 Å². The fourth-order valence-corrected chi connectivity index (χ4v) is 1.09. The van der Waals surface area contributed by atoms with E-state index in [9.17, 15) is 4.21 Å². The van der Waals surface area contributed by atoms with Gasteiger partial charge in [0.25, 0.3) is 0 Å². The molecule has 0 aromatic rings. The molecule has 4 heteroatoms. The highest BCUT2D eigenvalue weighted by Crippen LogP contribution is 2.04. The third-order valence-corrected chi connectivity index (χ3v) is 2.24. The minimum absolute atomic E-state index is 0.676. The van der Waals surface area contributed by atoms with Crippen molar-refractivity contribution in [2.45, 2.75) is 26.7 Å². The van der Waals surface area contributed by atoms with Crippen molar-refractivity contribution in [1.29, 1.82) is 0 Å². The molecule has 3 nitrogen and oxygen atoms in total. The van der Waals surface area contributed by atoms with Crippen molar-refractivity contribution in [2.24, 2.45) is 5.92 Å². The van der Waals surface area contributed by atoms with Gasteiger partial charge in [0, 0.05) is 13.6 Å². The molecular weight excluding hydrogens is 162 g/mol. The molecule has 0 saturated heterocycles. The predicted molar refractivity (Wildman–Crippen MR) is 47.5 cm³/mol.